The fourth-order valence-corrected chi connectivity index (χ4v) is 5.40. The molecule has 0 unspecified atom stereocenters. The number of aliphatic carboxylic acids is 1. The Kier molecular flexibility index (Phi) is 6.63. The molecule has 32 heavy (non-hydrogen) atoms. The van der Waals surface area contributed by atoms with E-state index in [1.165, 1.54) is 17.8 Å². The zero-order valence-electron chi connectivity index (χ0n) is 16.7. The van der Waals surface area contributed by atoms with E-state index in [4.69, 9.17) is 5.11 Å². The molecule has 4 rings (SSSR count). The Bertz CT molecular complexity index is 1200. The van der Waals surface area contributed by atoms with Crippen LogP contribution in [0.25, 0.3) is 10.8 Å². The minimum absolute atomic E-state index is 0.0184. The van der Waals surface area contributed by atoms with Crippen LogP contribution in [0.4, 0.5) is 11.4 Å². The van der Waals surface area contributed by atoms with Gasteiger partial charge in [0.05, 0.1) is 20.9 Å². The van der Waals surface area contributed by atoms with Gasteiger partial charge >= 0.3 is 5.97 Å². The Balaban J connectivity index is 1.42. The molecule has 8 nitrogen and oxygen atoms in total. The molecular weight excluding hydrogens is 450 g/mol. The fraction of sp³-hybridized carbons (Fsp3) is 0.182. The van der Waals surface area contributed by atoms with Gasteiger partial charge in [-0.25, -0.2) is 0 Å². The number of carbonyl (C=O) groups excluding carboxylic acids is 1. The van der Waals surface area contributed by atoms with Crippen LogP contribution in [0.1, 0.15) is 10.9 Å². The van der Waals surface area contributed by atoms with Gasteiger partial charge in [-0.15, -0.1) is 23.5 Å². The lowest BCUT2D eigenvalue weighted by Gasteiger charge is -2.12. The first-order chi connectivity index (χ1) is 15.4. The Hall–Kier alpha value is -3.08. The van der Waals surface area contributed by atoms with E-state index < -0.39 is 16.9 Å². The van der Waals surface area contributed by atoms with Crippen molar-refractivity contribution in [3.05, 3.63) is 76.3 Å². The summed E-state index contributed by atoms with van der Waals surface area (Å²) in [6, 6.07) is 17.5. The van der Waals surface area contributed by atoms with Crippen LogP contribution in [0.5, 0.6) is 0 Å². The molecule has 1 heterocycles. The standard InChI is InChI=1S/C22H19N3O5S2/c26-20(23-16-7-5-13-3-1-2-4-14(13)9-16)12-31-19-8-6-15(10-18(19)25(29)30)21-24-17(11-32-21)22(27)28/h1-10,17,21,24H,11-12H2,(H,23,26)(H,27,28)/t17-,21-/m0/s1. The average molecular weight is 470 g/mol. The molecule has 1 aliphatic rings. The monoisotopic (exact) mass is 469 g/mol. The Labute approximate surface area is 191 Å². The van der Waals surface area contributed by atoms with E-state index >= 15 is 0 Å². The highest BCUT2D eigenvalue weighted by Gasteiger charge is 2.31. The summed E-state index contributed by atoms with van der Waals surface area (Å²) in [5.41, 5.74) is 1.19. The molecule has 3 N–H and O–H groups in total. The molecule has 2 atom stereocenters. The number of amides is 1. The number of hydrogen-bond acceptors (Lipinski definition) is 7. The zero-order valence-corrected chi connectivity index (χ0v) is 18.3. The summed E-state index contributed by atoms with van der Waals surface area (Å²) < 4.78 is 0. The van der Waals surface area contributed by atoms with Crippen LogP contribution < -0.4 is 10.6 Å². The number of carboxylic acids is 1. The van der Waals surface area contributed by atoms with Crippen LogP contribution in [0.15, 0.2) is 65.6 Å². The third kappa shape index (κ3) is 5.04. The maximum Gasteiger partial charge on any atom is 0.321 e. The number of carboxylic acid groups (broad SMARTS) is 1. The second kappa shape index (κ2) is 9.60. The average Bonchev–Trinajstić information content (AvgIpc) is 3.28. The Morgan fingerprint density at radius 3 is 2.66 bits per heavy atom. The SMILES string of the molecule is O=C(CSc1ccc([C@H]2N[C@H](C(=O)O)CS2)cc1[N+](=O)[O-])Nc1ccc2ccccc2c1. The summed E-state index contributed by atoms with van der Waals surface area (Å²) >= 11 is 2.48. The minimum Gasteiger partial charge on any atom is -0.480 e. The van der Waals surface area contributed by atoms with Crippen LogP contribution in [0, 0.1) is 10.1 Å². The van der Waals surface area contributed by atoms with Crippen LogP contribution >= 0.6 is 23.5 Å². The van der Waals surface area contributed by atoms with Crippen molar-refractivity contribution in [2.24, 2.45) is 0 Å². The number of carbonyl (C=O) groups is 2. The van der Waals surface area contributed by atoms with Crippen molar-refractivity contribution in [2.45, 2.75) is 16.3 Å². The van der Waals surface area contributed by atoms with Gasteiger partial charge in [0, 0.05) is 17.5 Å². The minimum atomic E-state index is -0.945. The molecule has 0 aliphatic carbocycles. The molecular formula is C22H19N3O5S2. The summed E-state index contributed by atoms with van der Waals surface area (Å²) in [4.78, 5) is 35.0. The van der Waals surface area contributed by atoms with E-state index in [2.05, 4.69) is 10.6 Å². The number of rotatable bonds is 7. The number of nitrogens with one attached hydrogen (secondary N) is 2. The molecule has 1 fully saturated rings. The first-order valence-corrected chi connectivity index (χ1v) is 11.7. The van der Waals surface area contributed by atoms with Gasteiger partial charge in [0.25, 0.3) is 5.69 Å². The highest BCUT2D eigenvalue weighted by molar-refractivity contribution is 8.00. The Morgan fingerprint density at radius 2 is 1.94 bits per heavy atom. The van der Waals surface area contributed by atoms with Crippen molar-refractivity contribution >= 4 is 57.5 Å². The maximum absolute atomic E-state index is 12.4. The molecule has 1 saturated heterocycles. The van der Waals surface area contributed by atoms with Gasteiger partial charge in [0.1, 0.15) is 6.04 Å². The second-order valence-electron chi connectivity index (χ2n) is 7.15. The van der Waals surface area contributed by atoms with Gasteiger partial charge < -0.3 is 10.4 Å². The van der Waals surface area contributed by atoms with Gasteiger partial charge in [-0.05, 0) is 34.5 Å². The van der Waals surface area contributed by atoms with E-state index in [1.54, 1.807) is 12.1 Å². The van der Waals surface area contributed by atoms with Crippen LogP contribution in [0.3, 0.4) is 0 Å². The van der Waals surface area contributed by atoms with Crippen molar-refractivity contribution in [2.75, 3.05) is 16.8 Å². The van der Waals surface area contributed by atoms with Gasteiger partial charge in [-0.2, -0.15) is 0 Å². The summed E-state index contributed by atoms with van der Waals surface area (Å²) in [6.07, 6.45) is 0. The molecule has 10 heteroatoms. The Morgan fingerprint density at radius 1 is 1.16 bits per heavy atom. The zero-order chi connectivity index (χ0) is 22.7. The van der Waals surface area contributed by atoms with Gasteiger partial charge in [-0.3, -0.25) is 25.0 Å². The predicted octanol–water partition coefficient (Wildman–Crippen LogP) is 4.27. The van der Waals surface area contributed by atoms with Crippen molar-refractivity contribution in [3.63, 3.8) is 0 Å². The highest BCUT2D eigenvalue weighted by atomic mass is 32.2. The van der Waals surface area contributed by atoms with Gasteiger partial charge in [0.15, 0.2) is 0 Å². The third-order valence-electron chi connectivity index (χ3n) is 4.95. The van der Waals surface area contributed by atoms with E-state index in [0.29, 0.717) is 21.9 Å². The lowest BCUT2D eigenvalue weighted by atomic mass is 10.1. The second-order valence-corrected chi connectivity index (χ2v) is 9.31. The molecule has 3 aromatic rings. The largest absolute Gasteiger partial charge is 0.480 e. The molecule has 0 aromatic heterocycles. The lowest BCUT2D eigenvalue weighted by Crippen LogP contribution is -2.33. The van der Waals surface area contributed by atoms with E-state index in [1.807, 2.05) is 42.5 Å². The van der Waals surface area contributed by atoms with Gasteiger partial charge in [0.2, 0.25) is 5.91 Å². The topological polar surface area (TPSA) is 122 Å². The van der Waals surface area contributed by atoms with E-state index in [0.717, 1.165) is 22.5 Å². The predicted molar refractivity (Wildman–Crippen MR) is 126 cm³/mol. The van der Waals surface area contributed by atoms with E-state index in [9.17, 15) is 19.7 Å². The van der Waals surface area contributed by atoms with Crippen LogP contribution in [-0.4, -0.2) is 39.5 Å². The van der Waals surface area contributed by atoms with Gasteiger partial charge in [-0.1, -0.05) is 36.4 Å². The normalized spacial score (nSPS) is 17.9. The van der Waals surface area contributed by atoms with E-state index in [-0.39, 0.29) is 22.7 Å². The molecule has 1 aliphatic heterocycles. The summed E-state index contributed by atoms with van der Waals surface area (Å²) in [7, 11) is 0. The number of nitro benzene ring substituents is 1. The van der Waals surface area contributed by atoms with Crippen molar-refractivity contribution < 1.29 is 19.6 Å². The first-order valence-electron chi connectivity index (χ1n) is 9.71. The molecule has 0 bridgehead atoms. The number of thioether (sulfide) groups is 2. The maximum atomic E-state index is 12.4. The summed E-state index contributed by atoms with van der Waals surface area (Å²) in [5, 5.41) is 28.2. The number of benzene rings is 3. The molecule has 0 spiro atoms. The number of anilines is 1. The summed E-state index contributed by atoms with van der Waals surface area (Å²) in [5.74, 6) is -0.802. The van der Waals surface area contributed by atoms with Crippen molar-refractivity contribution in [3.8, 4) is 0 Å². The quantitative estimate of drug-likeness (QED) is 0.266. The third-order valence-corrected chi connectivity index (χ3v) is 7.28. The van der Waals surface area contributed by atoms with Crippen molar-refractivity contribution in [1.29, 1.82) is 0 Å². The highest BCUT2D eigenvalue weighted by Crippen LogP contribution is 2.37. The number of fused-ring (bicyclic) bond motifs is 1. The number of nitrogens with zero attached hydrogens (tertiary/aromatic N) is 1. The number of hydrogen-bond donors (Lipinski definition) is 3. The molecule has 0 radical (unpaired) electrons. The first kappa shape index (κ1) is 22.1. The van der Waals surface area contributed by atoms with Crippen LogP contribution in [-0.2, 0) is 9.59 Å². The molecule has 1 amide bonds. The fourth-order valence-electron chi connectivity index (χ4n) is 3.38. The molecule has 0 saturated carbocycles. The summed E-state index contributed by atoms with van der Waals surface area (Å²) in [6.45, 7) is 0. The number of nitro groups is 1. The lowest BCUT2D eigenvalue weighted by molar-refractivity contribution is -0.387. The smallest absolute Gasteiger partial charge is 0.321 e. The van der Waals surface area contributed by atoms with Crippen LogP contribution in [0.2, 0.25) is 0 Å². The molecule has 3 aromatic carbocycles. The van der Waals surface area contributed by atoms with Crippen molar-refractivity contribution in [1.82, 2.24) is 5.32 Å². The molecule has 164 valence electrons.